The lowest BCUT2D eigenvalue weighted by Gasteiger charge is -2.17. The molecule has 1 heterocycles. The molecule has 0 aliphatic heterocycles. The second-order valence-electron chi connectivity index (χ2n) is 4.36. The molecule has 17 heavy (non-hydrogen) atoms. The van der Waals surface area contributed by atoms with Gasteiger partial charge in [0.15, 0.2) is 10.9 Å². The van der Waals surface area contributed by atoms with Gasteiger partial charge in [0.25, 0.3) is 5.91 Å². The van der Waals surface area contributed by atoms with E-state index in [4.69, 9.17) is 10.2 Å². The molecular formula is C12H20N2O2S. The molecule has 0 aromatic carbocycles. The number of furan rings is 1. The van der Waals surface area contributed by atoms with Gasteiger partial charge in [-0.2, -0.15) is 0 Å². The molecule has 1 amide bonds. The summed E-state index contributed by atoms with van der Waals surface area (Å²) in [6.07, 6.45) is 2.78. The normalized spacial score (nSPS) is 12.8. The molecule has 0 fully saturated rings. The van der Waals surface area contributed by atoms with Gasteiger partial charge in [0.1, 0.15) is 0 Å². The van der Waals surface area contributed by atoms with E-state index in [2.05, 4.69) is 19.2 Å². The van der Waals surface area contributed by atoms with E-state index >= 15 is 0 Å². The summed E-state index contributed by atoms with van der Waals surface area (Å²) in [5.41, 5.74) is 5.63. The number of hydrogen-bond donors (Lipinski definition) is 2. The molecule has 0 radical (unpaired) electrons. The van der Waals surface area contributed by atoms with Gasteiger partial charge < -0.3 is 15.5 Å². The maximum atomic E-state index is 11.9. The number of carbonyl (C=O) groups excluding carboxylic acids is 1. The zero-order valence-electron chi connectivity index (χ0n) is 10.5. The van der Waals surface area contributed by atoms with Crippen molar-refractivity contribution in [3.63, 3.8) is 0 Å². The van der Waals surface area contributed by atoms with Crippen molar-refractivity contribution in [2.75, 3.05) is 12.8 Å². The van der Waals surface area contributed by atoms with Gasteiger partial charge >= 0.3 is 0 Å². The monoisotopic (exact) mass is 256 g/mol. The van der Waals surface area contributed by atoms with E-state index in [9.17, 15) is 4.79 Å². The van der Waals surface area contributed by atoms with Gasteiger partial charge in [-0.25, -0.2) is 0 Å². The molecule has 1 aromatic heterocycles. The fourth-order valence-electron chi connectivity index (χ4n) is 1.59. The van der Waals surface area contributed by atoms with E-state index < -0.39 is 0 Å². The van der Waals surface area contributed by atoms with E-state index in [-0.39, 0.29) is 11.9 Å². The molecule has 0 aliphatic carbocycles. The van der Waals surface area contributed by atoms with Gasteiger partial charge in [0, 0.05) is 12.6 Å². The highest BCUT2D eigenvalue weighted by Crippen LogP contribution is 2.18. The lowest BCUT2D eigenvalue weighted by Crippen LogP contribution is -2.40. The lowest BCUT2D eigenvalue weighted by atomic mass is 10.0. The summed E-state index contributed by atoms with van der Waals surface area (Å²) in [5, 5.41) is 3.62. The highest BCUT2D eigenvalue weighted by molar-refractivity contribution is 7.98. The van der Waals surface area contributed by atoms with Gasteiger partial charge in [-0.3, -0.25) is 4.79 Å². The van der Waals surface area contributed by atoms with E-state index in [1.165, 1.54) is 11.8 Å². The Morgan fingerprint density at radius 1 is 1.53 bits per heavy atom. The van der Waals surface area contributed by atoms with Crippen LogP contribution in [0.15, 0.2) is 21.6 Å². The second kappa shape index (κ2) is 6.71. The van der Waals surface area contributed by atoms with Crippen molar-refractivity contribution in [3.8, 4) is 0 Å². The first kappa shape index (κ1) is 14.1. The van der Waals surface area contributed by atoms with E-state index in [1.807, 2.05) is 6.26 Å². The Hall–Kier alpha value is -0.940. The molecule has 5 heteroatoms. The van der Waals surface area contributed by atoms with Crippen LogP contribution in [0.25, 0.3) is 0 Å². The maximum Gasteiger partial charge on any atom is 0.287 e. The highest BCUT2D eigenvalue weighted by Gasteiger charge is 2.16. The molecule has 1 atom stereocenters. The second-order valence-corrected chi connectivity index (χ2v) is 5.17. The SMILES string of the molecule is CSc1ccc(C(=O)NC(CN)CC(C)C)o1. The lowest BCUT2D eigenvalue weighted by molar-refractivity contribution is 0.0900. The molecule has 1 aromatic rings. The minimum atomic E-state index is -0.193. The van der Waals surface area contributed by atoms with Crippen LogP contribution in [0.3, 0.4) is 0 Å². The third-order valence-electron chi connectivity index (χ3n) is 2.38. The van der Waals surface area contributed by atoms with E-state index in [0.29, 0.717) is 18.2 Å². The molecule has 0 spiro atoms. The Balaban J connectivity index is 2.57. The predicted molar refractivity (Wildman–Crippen MR) is 70.3 cm³/mol. The van der Waals surface area contributed by atoms with Gasteiger partial charge in [-0.05, 0) is 30.7 Å². The number of hydrogen-bond acceptors (Lipinski definition) is 4. The van der Waals surface area contributed by atoms with Crippen molar-refractivity contribution in [1.82, 2.24) is 5.32 Å². The molecule has 4 nitrogen and oxygen atoms in total. The van der Waals surface area contributed by atoms with Crippen molar-refractivity contribution in [1.29, 1.82) is 0 Å². The minimum absolute atomic E-state index is 0.00493. The third-order valence-corrected chi connectivity index (χ3v) is 3.00. The van der Waals surface area contributed by atoms with Crippen LogP contribution in [-0.2, 0) is 0 Å². The highest BCUT2D eigenvalue weighted by atomic mass is 32.2. The number of thioether (sulfide) groups is 1. The topological polar surface area (TPSA) is 68.3 Å². The Labute approximate surface area is 106 Å². The summed E-state index contributed by atoms with van der Waals surface area (Å²) in [6, 6.07) is 3.48. The van der Waals surface area contributed by atoms with Gasteiger partial charge in [-0.15, -0.1) is 0 Å². The largest absolute Gasteiger partial charge is 0.445 e. The molecule has 1 unspecified atom stereocenters. The first-order valence-corrected chi connectivity index (χ1v) is 6.94. The van der Waals surface area contributed by atoms with Crippen LogP contribution >= 0.6 is 11.8 Å². The quantitative estimate of drug-likeness (QED) is 0.765. The Bertz CT molecular complexity index is 363. The zero-order valence-corrected chi connectivity index (χ0v) is 11.3. The van der Waals surface area contributed by atoms with Crippen molar-refractivity contribution >= 4 is 17.7 Å². The number of amides is 1. The van der Waals surface area contributed by atoms with Crippen LogP contribution in [0.2, 0.25) is 0 Å². The molecule has 0 aliphatic rings. The zero-order chi connectivity index (χ0) is 12.8. The first-order chi connectivity index (χ1) is 8.06. The van der Waals surface area contributed by atoms with Crippen molar-refractivity contribution in [2.24, 2.45) is 11.7 Å². The predicted octanol–water partition coefficient (Wildman–Crippen LogP) is 2.10. The number of nitrogens with one attached hydrogen (secondary N) is 1. The first-order valence-electron chi connectivity index (χ1n) is 5.71. The summed E-state index contributed by atoms with van der Waals surface area (Å²) in [4.78, 5) is 11.9. The smallest absolute Gasteiger partial charge is 0.287 e. The fourth-order valence-corrected chi connectivity index (χ4v) is 1.97. The molecular weight excluding hydrogens is 236 g/mol. The molecule has 1 rings (SSSR count). The number of rotatable bonds is 6. The Morgan fingerprint density at radius 2 is 2.24 bits per heavy atom. The third kappa shape index (κ3) is 4.44. The van der Waals surface area contributed by atoms with Crippen LogP contribution in [0, 0.1) is 5.92 Å². The van der Waals surface area contributed by atoms with Crippen LogP contribution in [0.4, 0.5) is 0 Å². The van der Waals surface area contributed by atoms with E-state index in [1.54, 1.807) is 12.1 Å². The average Bonchev–Trinajstić information content (AvgIpc) is 2.75. The Kier molecular flexibility index (Phi) is 5.58. The number of nitrogens with two attached hydrogens (primary N) is 1. The molecule has 0 saturated heterocycles. The van der Waals surface area contributed by atoms with Crippen LogP contribution in [0.5, 0.6) is 0 Å². The minimum Gasteiger partial charge on any atom is -0.445 e. The van der Waals surface area contributed by atoms with E-state index in [0.717, 1.165) is 11.5 Å². The summed E-state index contributed by atoms with van der Waals surface area (Å²) < 4.78 is 5.36. The van der Waals surface area contributed by atoms with Crippen LogP contribution in [0.1, 0.15) is 30.8 Å². The fraction of sp³-hybridized carbons (Fsp3) is 0.583. The maximum absolute atomic E-state index is 11.9. The number of carbonyl (C=O) groups is 1. The van der Waals surface area contributed by atoms with Gasteiger partial charge in [0.05, 0.1) is 0 Å². The molecule has 0 bridgehead atoms. The van der Waals surface area contributed by atoms with Crippen molar-refractivity contribution in [3.05, 3.63) is 17.9 Å². The summed E-state index contributed by atoms with van der Waals surface area (Å²) in [7, 11) is 0. The molecule has 0 saturated carbocycles. The molecule has 96 valence electrons. The van der Waals surface area contributed by atoms with Crippen molar-refractivity contribution in [2.45, 2.75) is 31.4 Å². The molecule has 3 N–H and O–H groups in total. The standard InChI is InChI=1S/C12H20N2O2S/c1-8(2)6-9(7-13)14-12(15)10-4-5-11(16-10)17-3/h4-5,8-9H,6-7,13H2,1-3H3,(H,14,15). The van der Waals surface area contributed by atoms with Gasteiger partial charge in [0.2, 0.25) is 0 Å². The van der Waals surface area contributed by atoms with Crippen LogP contribution < -0.4 is 11.1 Å². The Morgan fingerprint density at radius 3 is 2.71 bits per heavy atom. The van der Waals surface area contributed by atoms with Crippen LogP contribution in [-0.4, -0.2) is 24.7 Å². The van der Waals surface area contributed by atoms with Crippen molar-refractivity contribution < 1.29 is 9.21 Å². The summed E-state index contributed by atoms with van der Waals surface area (Å²) >= 11 is 1.47. The average molecular weight is 256 g/mol. The summed E-state index contributed by atoms with van der Waals surface area (Å²) in [5.74, 6) is 0.653. The van der Waals surface area contributed by atoms with Gasteiger partial charge in [-0.1, -0.05) is 25.6 Å². The summed E-state index contributed by atoms with van der Waals surface area (Å²) in [6.45, 7) is 4.65.